The van der Waals surface area contributed by atoms with Crippen LogP contribution in [0.1, 0.15) is 26.3 Å². The third-order valence-corrected chi connectivity index (χ3v) is 4.82. The van der Waals surface area contributed by atoms with Crippen molar-refractivity contribution in [3.8, 4) is 0 Å². The van der Waals surface area contributed by atoms with Crippen molar-refractivity contribution < 1.29 is 9.53 Å². The molecule has 0 bridgehead atoms. The van der Waals surface area contributed by atoms with Crippen LogP contribution in [0, 0.1) is 6.92 Å². The summed E-state index contributed by atoms with van der Waals surface area (Å²) < 4.78 is 9.06. The van der Waals surface area contributed by atoms with Crippen LogP contribution in [0.15, 0.2) is 36.7 Å². The second kappa shape index (κ2) is 6.73. The van der Waals surface area contributed by atoms with Crippen molar-refractivity contribution >= 4 is 45.7 Å². The summed E-state index contributed by atoms with van der Waals surface area (Å²) in [6.45, 7) is 7.27. The molecule has 4 aromatic rings. The number of hydrogen-bond donors (Lipinski definition) is 0. The molecular formula is C20H21ClN6O2. The molecule has 150 valence electrons. The zero-order valence-corrected chi connectivity index (χ0v) is 17.6. The largest absolute Gasteiger partial charge is 0.443 e. The van der Waals surface area contributed by atoms with E-state index in [2.05, 4.69) is 15.2 Å². The van der Waals surface area contributed by atoms with Crippen LogP contribution in [-0.2, 0) is 11.8 Å². The summed E-state index contributed by atoms with van der Waals surface area (Å²) in [5.74, 6) is 0.475. The summed E-state index contributed by atoms with van der Waals surface area (Å²) in [5.41, 5.74) is 2.03. The van der Waals surface area contributed by atoms with E-state index in [1.165, 1.54) is 4.90 Å². The molecule has 0 N–H and O–H groups in total. The lowest BCUT2D eigenvalue weighted by Crippen LogP contribution is -2.35. The van der Waals surface area contributed by atoms with Crippen LogP contribution in [0.2, 0.25) is 5.15 Å². The Hall–Kier alpha value is -3.13. The maximum atomic E-state index is 13.3. The number of amides is 1. The maximum Gasteiger partial charge on any atom is 0.420 e. The topological polar surface area (TPSA) is 77.6 Å². The Bertz CT molecular complexity index is 1240. The summed E-state index contributed by atoms with van der Waals surface area (Å²) in [4.78, 5) is 19.1. The molecule has 1 amide bonds. The normalized spacial score (nSPS) is 11.9. The van der Waals surface area contributed by atoms with E-state index in [-0.39, 0.29) is 0 Å². The minimum Gasteiger partial charge on any atom is -0.443 e. The van der Waals surface area contributed by atoms with Crippen LogP contribution >= 0.6 is 11.6 Å². The van der Waals surface area contributed by atoms with Gasteiger partial charge in [0.05, 0.1) is 23.6 Å². The van der Waals surface area contributed by atoms with Crippen LogP contribution in [-0.4, -0.2) is 36.1 Å². The lowest BCUT2D eigenvalue weighted by atomic mass is 10.2. The van der Waals surface area contributed by atoms with E-state index >= 15 is 0 Å². The Morgan fingerprint density at radius 2 is 1.97 bits per heavy atom. The van der Waals surface area contributed by atoms with E-state index in [9.17, 15) is 4.79 Å². The molecule has 0 spiro atoms. The third-order valence-electron chi connectivity index (χ3n) is 4.46. The highest BCUT2D eigenvalue weighted by molar-refractivity contribution is 6.30. The van der Waals surface area contributed by atoms with Crippen molar-refractivity contribution in [2.75, 3.05) is 4.90 Å². The lowest BCUT2D eigenvalue weighted by Gasteiger charge is -2.28. The Balaban J connectivity index is 1.97. The Morgan fingerprint density at radius 3 is 2.69 bits per heavy atom. The number of nitrogens with zero attached hydrogens (tertiary/aromatic N) is 6. The van der Waals surface area contributed by atoms with Crippen molar-refractivity contribution in [1.29, 1.82) is 0 Å². The SMILES string of the molecule is Cc1c(Cl)nc2ccnn2c1N(C(=O)OC(C)(C)C)c1ccc2c(cnn2C)c1. The molecule has 0 aliphatic heterocycles. The monoisotopic (exact) mass is 412 g/mol. The van der Waals surface area contributed by atoms with Crippen LogP contribution in [0.25, 0.3) is 16.6 Å². The van der Waals surface area contributed by atoms with Gasteiger partial charge in [-0.1, -0.05) is 11.6 Å². The fourth-order valence-corrected chi connectivity index (χ4v) is 3.33. The molecule has 0 fully saturated rings. The molecule has 29 heavy (non-hydrogen) atoms. The molecule has 4 rings (SSSR count). The van der Waals surface area contributed by atoms with Crippen molar-refractivity contribution in [1.82, 2.24) is 24.4 Å². The molecule has 0 unspecified atom stereocenters. The van der Waals surface area contributed by atoms with Gasteiger partial charge in [0.1, 0.15) is 10.8 Å². The number of carbonyl (C=O) groups is 1. The van der Waals surface area contributed by atoms with Gasteiger partial charge >= 0.3 is 6.09 Å². The smallest absolute Gasteiger partial charge is 0.420 e. The number of rotatable bonds is 2. The minimum atomic E-state index is -0.679. The average Bonchev–Trinajstić information content (AvgIpc) is 3.23. The summed E-state index contributed by atoms with van der Waals surface area (Å²) in [7, 11) is 1.87. The predicted octanol–water partition coefficient (Wildman–Crippen LogP) is 4.65. The first-order valence-electron chi connectivity index (χ1n) is 9.10. The van der Waals surface area contributed by atoms with Crippen molar-refractivity contribution in [3.63, 3.8) is 0 Å². The predicted molar refractivity (Wildman–Crippen MR) is 112 cm³/mol. The number of hydrogen-bond acceptors (Lipinski definition) is 5. The zero-order chi connectivity index (χ0) is 20.9. The average molecular weight is 413 g/mol. The maximum absolute atomic E-state index is 13.3. The molecule has 3 aromatic heterocycles. The summed E-state index contributed by atoms with van der Waals surface area (Å²) in [6.07, 6.45) is 2.82. The Morgan fingerprint density at radius 1 is 1.21 bits per heavy atom. The Kier molecular flexibility index (Phi) is 4.46. The fraction of sp³-hybridized carbons (Fsp3) is 0.300. The second-order valence-corrected chi connectivity index (χ2v) is 8.14. The highest BCUT2D eigenvalue weighted by Crippen LogP contribution is 2.34. The molecule has 0 atom stereocenters. The van der Waals surface area contributed by atoms with Crippen molar-refractivity contribution in [3.05, 3.63) is 47.4 Å². The first-order valence-corrected chi connectivity index (χ1v) is 9.48. The highest BCUT2D eigenvalue weighted by Gasteiger charge is 2.29. The van der Waals surface area contributed by atoms with Crippen LogP contribution in [0.4, 0.5) is 16.3 Å². The minimum absolute atomic E-state index is 0.295. The molecule has 9 heteroatoms. The van der Waals surface area contributed by atoms with Crippen LogP contribution in [0.5, 0.6) is 0 Å². The van der Waals surface area contributed by atoms with Crippen molar-refractivity contribution in [2.45, 2.75) is 33.3 Å². The highest BCUT2D eigenvalue weighted by atomic mass is 35.5. The third kappa shape index (κ3) is 3.40. The molecule has 0 saturated carbocycles. The van der Waals surface area contributed by atoms with Gasteiger partial charge in [-0.25, -0.2) is 14.7 Å². The number of ether oxygens (including phenoxy) is 1. The van der Waals surface area contributed by atoms with E-state index in [4.69, 9.17) is 16.3 Å². The second-order valence-electron chi connectivity index (χ2n) is 7.78. The summed E-state index contributed by atoms with van der Waals surface area (Å²) >= 11 is 6.37. The van der Waals surface area contributed by atoms with E-state index in [1.807, 2.05) is 46.0 Å². The first-order chi connectivity index (χ1) is 13.7. The van der Waals surface area contributed by atoms with Gasteiger partial charge in [-0.05, 0) is 45.9 Å². The number of halogens is 1. The van der Waals surface area contributed by atoms with Crippen LogP contribution in [0.3, 0.4) is 0 Å². The van der Waals surface area contributed by atoms with Gasteiger partial charge in [-0.3, -0.25) is 4.68 Å². The first kappa shape index (κ1) is 19.2. The lowest BCUT2D eigenvalue weighted by molar-refractivity contribution is 0.0597. The molecule has 1 aromatic carbocycles. The molecule has 0 aliphatic rings. The summed E-state index contributed by atoms with van der Waals surface area (Å²) in [5, 5.41) is 9.81. The molecule has 3 heterocycles. The number of anilines is 2. The molecule has 0 aliphatic carbocycles. The molecule has 8 nitrogen and oxygen atoms in total. The molecular weight excluding hydrogens is 392 g/mol. The van der Waals surface area contributed by atoms with E-state index in [1.54, 1.807) is 34.6 Å². The fourth-order valence-electron chi connectivity index (χ4n) is 3.15. The Labute approximate surface area is 172 Å². The van der Waals surface area contributed by atoms with E-state index in [0.717, 1.165) is 10.9 Å². The standard InChI is InChI=1S/C20H21ClN6O2/c1-12-17(21)24-16-8-9-22-27(16)18(12)26(19(28)29-20(2,3)4)14-6-7-15-13(10-14)11-23-25(15)5/h6-11H,1-5H3. The molecule has 0 saturated heterocycles. The van der Waals surface area contributed by atoms with Gasteiger partial charge in [0.25, 0.3) is 0 Å². The molecule has 0 radical (unpaired) electrons. The van der Waals surface area contributed by atoms with Gasteiger partial charge in [0.2, 0.25) is 0 Å². The number of fused-ring (bicyclic) bond motifs is 2. The zero-order valence-electron chi connectivity index (χ0n) is 16.8. The number of aryl methyl sites for hydroxylation is 1. The van der Waals surface area contributed by atoms with Crippen LogP contribution < -0.4 is 4.90 Å². The van der Waals surface area contributed by atoms with E-state index < -0.39 is 11.7 Å². The van der Waals surface area contributed by atoms with Gasteiger partial charge in [0.15, 0.2) is 11.5 Å². The number of benzene rings is 1. The van der Waals surface area contributed by atoms with E-state index in [0.29, 0.717) is 27.9 Å². The quantitative estimate of drug-likeness (QED) is 0.448. The van der Waals surface area contributed by atoms with Gasteiger partial charge in [-0.2, -0.15) is 14.7 Å². The van der Waals surface area contributed by atoms with Gasteiger partial charge < -0.3 is 4.74 Å². The number of aromatic nitrogens is 5. The summed E-state index contributed by atoms with van der Waals surface area (Å²) in [6, 6.07) is 7.37. The van der Waals surface area contributed by atoms with Gasteiger partial charge in [0, 0.05) is 24.1 Å². The van der Waals surface area contributed by atoms with Gasteiger partial charge in [-0.15, -0.1) is 0 Å². The van der Waals surface area contributed by atoms with Crippen molar-refractivity contribution in [2.24, 2.45) is 7.05 Å². The number of carbonyl (C=O) groups excluding carboxylic acids is 1.